The van der Waals surface area contributed by atoms with Gasteiger partial charge in [0.05, 0.1) is 4.47 Å². The van der Waals surface area contributed by atoms with Crippen LogP contribution in [0.3, 0.4) is 0 Å². The fraction of sp³-hybridized carbons (Fsp3) is 0.364. The van der Waals surface area contributed by atoms with E-state index in [1.165, 1.54) is 4.90 Å². The van der Waals surface area contributed by atoms with Gasteiger partial charge in [-0.2, -0.15) is 0 Å². The quantitative estimate of drug-likeness (QED) is 0.409. The zero-order valence-corrected chi connectivity index (χ0v) is 21.3. The number of ether oxygens (including phenoxy) is 1. The molecule has 0 radical (unpaired) electrons. The smallest absolute Gasteiger partial charge is 0.261 e. The summed E-state index contributed by atoms with van der Waals surface area (Å²) in [5.74, 6) is -0.140. The van der Waals surface area contributed by atoms with Gasteiger partial charge in [-0.3, -0.25) is 9.59 Å². The average Bonchev–Trinajstić information content (AvgIpc) is 2.71. The number of benzene rings is 2. The highest BCUT2D eigenvalue weighted by molar-refractivity contribution is 9.10. The van der Waals surface area contributed by atoms with Gasteiger partial charge in [-0.1, -0.05) is 47.8 Å². The molecule has 1 N–H and O–H groups in total. The third-order valence-corrected chi connectivity index (χ3v) is 6.21. The van der Waals surface area contributed by atoms with Crippen molar-refractivity contribution in [3.05, 3.63) is 61.5 Å². The Morgan fingerprint density at radius 3 is 2.35 bits per heavy atom. The van der Waals surface area contributed by atoms with Crippen LogP contribution in [0.2, 0.25) is 15.1 Å². The van der Waals surface area contributed by atoms with E-state index in [4.69, 9.17) is 39.5 Å². The minimum absolute atomic E-state index is 0.00713. The zero-order chi connectivity index (χ0) is 23.1. The lowest BCUT2D eigenvalue weighted by molar-refractivity contribution is -0.142. The molecule has 2 atom stereocenters. The Morgan fingerprint density at radius 2 is 1.74 bits per heavy atom. The van der Waals surface area contributed by atoms with Crippen molar-refractivity contribution in [1.82, 2.24) is 10.2 Å². The van der Waals surface area contributed by atoms with Crippen molar-refractivity contribution >= 4 is 62.5 Å². The Morgan fingerprint density at radius 1 is 1.10 bits per heavy atom. The Balaban J connectivity index is 2.22. The minimum atomic E-state index is -0.731. The van der Waals surface area contributed by atoms with Crippen molar-refractivity contribution in [2.45, 2.75) is 45.8 Å². The fourth-order valence-electron chi connectivity index (χ4n) is 2.70. The summed E-state index contributed by atoms with van der Waals surface area (Å²) in [4.78, 5) is 27.3. The molecule has 0 bridgehead atoms. The van der Waals surface area contributed by atoms with Gasteiger partial charge in [-0.05, 0) is 72.1 Å². The van der Waals surface area contributed by atoms with E-state index in [2.05, 4.69) is 21.2 Å². The second kappa shape index (κ2) is 12.0. The van der Waals surface area contributed by atoms with Crippen LogP contribution in [0.15, 0.2) is 40.9 Å². The first kappa shape index (κ1) is 25.8. The highest BCUT2D eigenvalue weighted by Gasteiger charge is 2.28. The zero-order valence-electron chi connectivity index (χ0n) is 17.4. The average molecular weight is 551 g/mol. The van der Waals surface area contributed by atoms with Crippen LogP contribution in [0.25, 0.3) is 0 Å². The van der Waals surface area contributed by atoms with E-state index in [1.54, 1.807) is 43.3 Å². The predicted octanol–water partition coefficient (Wildman–Crippen LogP) is 6.12. The van der Waals surface area contributed by atoms with Gasteiger partial charge in [0.2, 0.25) is 5.91 Å². The van der Waals surface area contributed by atoms with E-state index in [0.29, 0.717) is 30.9 Å². The van der Waals surface area contributed by atoms with Crippen molar-refractivity contribution in [3.63, 3.8) is 0 Å². The molecule has 0 saturated heterocycles. The summed E-state index contributed by atoms with van der Waals surface area (Å²) < 4.78 is 6.30. The van der Waals surface area contributed by atoms with Crippen molar-refractivity contribution in [2.75, 3.05) is 6.61 Å². The molecule has 2 amide bonds. The van der Waals surface area contributed by atoms with Gasteiger partial charge < -0.3 is 15.0 Å². The molecule has 5 nitrogen and oxygen atoms in total. The van der Waals surface area contributed by atoms with Crippen LogP contribution in [0.5, 0.6) is 5.75 Å². The number of amides is 2. The number of rotatable bonds is 9. The molecule has 0 aliphatic carbocycles. The summed E-state index contributed by atoms with van der Waals surface area (Å²) >= 11 is 21.6. The Kier molecular flexibility index (Phi) is 9.94. The molecule has 0 spiro atoms. The molecule has 0 aromatic heterocycles. The molecule has 2 aromatic carbocycles. The van der Waals surface area contributed by atoms with Crippen LogP contribution in [0.4, 0.5) is 0 Å². The molecule has 0 aliphatic heterocycles. The van der Waals surface area contributed by atoms with Crippen LogP contribution >= 0.6 is 50.7 Å². The molecule has 168 valence electrons. The van der Waals surface area contributed by atoms with E-state index >= 15 is 0 Å². The number of nitrogens with one attached hydrogen (secondary N) is 1. The third-order valence-electron chi connectivity index (χ3n) is 4.77. The molecule has 9 heteroatoms. The maximum atomic E-state index is 13.1. The summed E-state index contributed by atoms with van der Waals surface area (Å²) in [7, 11) is 0. The van der Waals surface area contributed by atoms with E-state index in [0.717, 1.165) is 6.42 Å². The summed E-state index contributed by atoms with van der Waals surface area (Å²) in [6.07, 6.45) is 0.781. The van der Waals surface area contributed by atoms with Gasteiger partial charge in [0.15, 0.2) is 6.61 Å². The van der Waals surface area contributed by atoms with Crippen molar-refractivity contribution in [2.24, 2.45) is 0 Å². The number of carbonyl (C=O) groups is 2. The van der Waals surface area contributed by atoms with E-state index < -0.39 is 6.04 Å². The summed E-state index contributed by atoms with van der Waals surface area (Å²) in [6, 6.07) is 9.30. The lowest BCUT2D eigenvalue weighted by Gasteiger charge is -2.30. The van der Waals surface area contributed by atoms with Crippen LogP contribution in [0, 0.1) is 0 Å². The van der Waals surface area contributed by atoms with Crippen molar-refractivity contribution in [3.8, 4) is 5.75 Å². The van der Waals surface area contributed by atoms with Gasteiger partial charge in [-0.25, -0.2) is 0 Å². The first-order chi connectivity index (χ1) is 14.6. The lowest BCUT2D eigenvalue weighted by Crippen LogP contribution is -2.50. The van der Waals surface area contributed by atoms with Gasteiger partial charge in [0, 0.05) is 27.7 Å². The minimum Gasteiger partial charge on any atom is -0.483 e. The third kappa shape index (κ3) is 7.56. The van der Waals surface area contributed by atoms with Crippen LogP contribution < -0.4 is 10.1 Å². The standard InChI is InChI=1S/C22H24BrCl3N2O3/c1-4-13(2)27-22(30)14(3)28(11-15-5-6-17(25)10-19(15)26)21(29)12-31-20-8-7-16(24)9-18(20)23/h5-10,13-14H,4,11-12H2,1-3H3,(H,27,30). The molecule has 0 heterocycles. The molecular formula is C22H24BrCl3N2O3. The number of carbonyl (C=O) groups excluding carboxylic acids is 2. The number of hydrogen-bond acceptors (Lipinski definition) is 3. The van der Waals surface area contributed by atoms with Crippen LogP contribution in [0.1, 0.15) is 32.8 Å². The maximum Gasteiger partial charge on any atom is 0.261 e. The SMILES string of the molecule is CCC(C)NC(=O)C(C)N(Cc1ccc(Cl)cc1Cl)C(=O)COc1ccc(Cl)cc1Br. The summed E-state index contributed by atoms with van der Waals surface area (Å²) in [5.41, 5.74) is 0.676. The van der Waals surface area contributed by atoms with Gasteiger partial charge in [-0.15, -0.1) is 0 Å². The predicted molar refractivity (Wildman–Crippen MR) is 129 cm³/mol. The summed E-state index contributed by atoms with van der Waals surface area (Å²) in [5, 5.41) is 4.36. The van der Waals surface area contributed by atoms with Crippen molar-refractivity contribution in [1.29, 1.82) is 0 Å². The Bertz CT molecular complexity index is 942. The number of halogens is 4. The molecule has 2 unspecified atom stereocenters. The fourth-order valence-corrected chi connectivity index (χ4v) is 3.96. The van der Waals surface area contributed by atoms with Crippen LogP contribution in [-0.4, -0.2) is 35.4 Å². The molecule has 2 rings (SSSR count). The summed E-state index contributed by atoms with van der Waals surface area (Å²) in [6.45, 7) is 5.44. The number of nitrogens with zero attached hydrogens (tertiary/aromatic N) is 1. The molecule has 31 heavy (non-hydrogen) atoms. The molecule has 0 saturated carbocycles. The van der Waals surface area contributed by atoms with Gasteiger partial charge in [0.25, 0.3) is 5.91 Å². The van der Waals surface area contributed by atoms with Crippen molar-refractivity contribution < 1.29 is 14.3 Å². The molecule has 0 fully saturated rings. The Hall–Kier alpha value is -1.47. The van der Waals surface area contributed by atoms with Gasteiger partial charge >= 0.3 is 0 Å². The second-order valence-electron chi connectivity index (χ2n) is 7.11. The topological polar surface area (TPSA) is 58.6 Å². The monoisotopic (exact) mass is 548 g/mol. The largest absolute Gasteiger partial charge is 0.483 e. The Labute approximate surface area is 206 Å². The molecule has 2 aromatic rings. The van der Waals surface area contributed by atoms with E-state index in [-0.39, 0.29) is 31.0 Å². The first-order valence-electron chi connectivity index (χ1n) is 9.74. The normalized spacial score (nSPS) is 12.7. The van der Waals surface area contributed by atoms with E-state index in [1.807, 2.05) is 13.8 Å². The molecule has 0 aliphatic rings. The van der Waals surface area contributed by atoms with Crippen LogP contribution in [-0.2, 0) is 16.1 Å². The van der Waals surface area contributed by atoms with E-state index in [9.17, 15) is 9.59 Å². The maximum absolute atomic E-state index is 13.1. The molecular weight excluding hydrogens is 527 g/mol. The highest BCUT2D eigenvalue weighted by Crippen LogP contribution is 2.28. The lowest BCUT2D eigenvalue weighted by atomic mass is 10.1. The number of hydrogen-bond donors (Lipinski definition) is 1. The van der Waals surface area contributed by atoms with Gasteiger partial charge in [0.1, 0.15) is 11.8 Å². The second-order valence-corrected chi connectivity index (χ2v) is 9.25. The first-order valence-corrected chi connectivity index (χ1v) is 11.7. The highest BCUT2D eigenvalue weighted by atomic mass is 79.9.